The van der Waals surface area contributed by atoms with Gasteiger partial charge < -0.3 is 20.1 Å². The zero-order valence-corrected chi connectivity index (χ0v) is 18.4. The van der Waals surface area contributed by atoms with Gasteiger partial charge in [-0.15, -0.1) is 0 Å². The first-order valence-electron chi connectivity index (χ1n) is 10.2. The summed E-state index contributed by atoms with van der Waals surface area (Å²) in [5.41, 5.74) is -0.899. The molecule has 0 bridgehead atoms. The van der Waals surface area contributed by atoms with Crippen molar-refractivity contribution in [2.75, 3.05) is 13.7 Å². The van der Waals surface area contributed by atoms with Gasteiger partial charge in [0.15, 0.2) is 5.60 Å². The Balaban J connectivity index is 1.63. The van der Waals surface area contributed by atoms with Gasteiger partial charge in [0.2, 0.25) is 0 Å². The third-order valence-corrected chi connectivity index (χ3v) is 6.44. The highest BCUT2D eigenvalue weighted by atomic mass is 35.5. The first-order chi connectivity index (χ1) is 14.4. The van der Waals surface area contributed by atoms with E-state index in [1.54, 1.807) is 32.1 Å². The van der Waals surface area contributed by atoms with Crippen LogP contribution in [0, 0.1) is 0 Å². The van der Waals surface area contributed by atoms with E-state index in [-0.39, 0.29) is 0 Å². The number of halogens is 4. The number of benzene rings is 1. The lowest BCUT2D eigenvalue weighted by Gasteiger charge is -2.39. The van der Waals surface area contributed by atoms with Crippen molar-refractivity contribution >= 4 is 11.6 Å². The van der Waals surface area contributed by atoms with E-state index in [1.165, 1.54) is 0 Å². The lowest BCUT2D eigenvalue weighted by atomic mass is 9.72. The van der Waals surface area contributed by atoms with Crippen LogP contribution in [0.15, 0.2) is 48.0 Å². The van der Waals surface area contributed by atoms with Crippen molar-refractivity contribution in [1.29, 1.82) is 0 Å². The molecule has 1 aromatic rings. The minimum Gasteiger partial charge on any atom is -0.493 e. The van der Waals surface area contributed by atoms with E-state index < -0.39 is 36.1 Å². The van der Waals surface area contributed by atoms with E-state index in [0.29, 0.717) is 29.4 Å². The molecule has 0 aromatic heterocycles. The number of nitrogens with zero attached hydrogens (tertiary/aromatic N) is 1. The SMILES string of the molecule is CN1C=CC=C2NC(CC(O)(CC(C)(C)c3cc(Cl)cc4c3OCC4)C(F)(F)F)C=C21. The smallest absolute Gasteiger partial charge is 0.417 e. The molecule has 3 aliphatic rings. The van der Waals surface area contributed by atoms with Crippen LogP contribution in [0.2, 0.25) is 5.02 Å². The van der Waals surface area contributed by atoms with E-state index in [2.05, 4.69) is 5.32 Å². The summed E-state index contributed by atoms with van der Waals surface area (Å²) >= 11 is 6.24. The first kappa shape index (κ1) is 22.1. The van der Waals surface area contributed by atoms with Crippen LogP contribution in [-0.2, 0) is 11.8 Å². The topological polar surface area (TPSA) is 44.7 Å². The molecule has 4 nitrogen and oxygen atoms in total. The molecule has 2 N–H and O–H groups in total. The molecular weight excluding hydrogens is 429 g/mol. The molecule has 2 atom stereocenters. The fourth-order valence-electron chi connectivity index (χ4n) is 4.75. The van der Waals surface area contributed by atoms with Gasteiger partial charge in [-0.05, 0) is 47.8 Å². The normalized spacial score (nSPS) is 22.2. The number of aliphatic hydroxyl groups is 1. The van der Waals surface area contributed by atoms with Gasteiger partial charge in [-0.1, -0.05) is 25.4 Å². The average molecular weight is 455 g/mol. The summed E-state index contributed by atoms with van der Waals surface area (Å²) in [6.45, 7) is 3.86. The van der Waals surface area contributed by atoms with Crippen molar-refractivity contribution in [1.82, 2.24) is 10.2 Å². The van der Waals surface area contributed by atoms with Crippen molar-refractivity contribution in [3.05, 3.63) is 64.1 Å². The summed E-state index contributed by atoms with van der Waals surface area (Å²) in [5, 5.41) is 14.6. The number of allylic oxidation sites excluding steroid dienone is 2. The maximum atomic E-state index is 14.2. The van der Waals surface area contributed by atoms with Gasteiger partial charge in [0.1, 0.15) is 5.75 Å². The number of ether oxygens (including phenoxy) is 1. The average Bonchev–Trinajstić information content (AvgIpc) is 3.26. The molecule has 1 aromatic carbocycles. The van der Waals surface area contributed by atoms with Gasteiger partial charge in [0.25, 0.3) is 0 Å². The number of nitrogens with one attached hydrogen (secondary N) is 1. The molecule has 0 saturated heterocycles. The molecule has 31 heavy (non-hydrogen) atoms. The van der Waals surface area contributed by atoms with Crippen LogP contribution in [0.1, 0.15) is 37.8 Å². The Hall–Kier alpha value is -2.12. The summed E-state index contributed by atoms with van der Waals surface area (Å²) in [6, 6.07) is 2.79. The summed E-state index contributed by atoms with van der Waals surface area (Å²) in [5.74, 6) is 0.587. The molecule has 168 valence electrons. The van der Waals surface area contributed by atoms with E-state index in [4.69, 9.17) is 16.3 Å². The summed E-state index contributed by atoms with van der Waals surface area (Å²) in [6.07, 6.45) is 2.04. The molecule has 0 radical (unpaired) electrons. The number of hydrogen-bond donors (Lipinski definition) is 2. The van der Waals surface area contributed by atoms with E-state index in [9.17, 15) is 18.3 Å². The fourth-order valence-corrected chi connectivity index (χ4v) is 4.99. The van der Waals surface area contributed by atoms with Gasteiger partial charge in [0, 0.05) is 42.7 Å². The van der Waals surface area contributed by atoms with Crippen LogP contribution < -0.4 is 10.1 Å². The maximum Gasteiger partial charge on any atom is 0.417 e. The molecule has 4 rings (SSSR count). The Kier molecular flexibility index (Phi) is 5.33. The van der Waals surface area contributed by atoms with Crippen LogP contribution >= 0.6 is 11.6 Å². The minimum absolute atomic E-state index is 0.455. The Bertz CT molecular complexity index is 984. The van der Waals surface area contributed by atoms with Crippen molar-refractivity contribution in [2.24, 2.45) is 0 Å². The van der Waals surface area contributed by atoms with Crippen LogP contribution in [0.25, 0.3) is 0 Å². The van der Waals surface area contributed by atoms with Gasteiger partial charge in [0.05, 0.1) is 18.0 Å². The highest BCUT2D eigenvalue weighted by molar-refractivity contribution is 6.30. The minimum atomic E-state index is -4.81. The largest absolute Gasteiger partial charge is 0.493 e. The second-order valence-corrected chi connectivity index (χ2v) is 9.61. The van der Waals surface area contributed by atoms with Gasteiger partial charge >= 0.3 is 6.18 Å². The van der Waals surface area contributed by atoms with Gasteiger partial charge in [-0.3, -0.25) is 0 Å². The third kappa shape index (κ3) is 4.05. The predicted molar refractivity (Wildman–Crippen MR) is 114 cm³/mol. The van der Waals surface area contributed by atoms with Crippen LogP contribution in [-0.4, -0.2) is 41.5 Å². The van der Waals surface area contributed by atoms with Crippen molar-refractivity contribution in [3.63, 3.8) is 0 Å². The fraction of sp³-hybridized carbons (Fsp3) is 0.478. The van der Waals surface area contributed by atoms with Crippen LogP contribution in [0.4, 0.5) is 13.2 Å². The molecule has 0 fully saturated rings. The first-order valence-corrected chi connectivity index (χ1v) is 10.6. The van der Waals surface area contributed by atoms with Crippen LogP contribution in [0.3, 0.4) is 0 Å². The highest BCUT2D eigenvalue weighted by Crippen LogP contribution is 2.48. The number of fused-ring (bicyclic) bond motifs is 2. The summed E-state index contributed by atoms with van der Waals surface area (Å²) in [7, 11) is 1.83. The molecule has 0 spiro atoms. The zero-order chi connectivity index (χ0) is 22.6. The van der Waals surface area contributed by atoms with Crippen molar-refractivity contribution in [2.45, 2.75) is 56.3 Å². The zero-order valence-electron chi connectivity index (χ0n) is 17.7. The van der Waals surface area contributed by atoms with Gasteiger partial charge in [-0.2, -0.15) is 13.2 Å². The summed E-state index contributed by atoms with van der Waals surface area (Å²) in [4.78, 5) is 1.84. The van der Waals surface area contributed by atoms with E-state index >= 15 is 0 Å². The van der Waals surface area contributed by atoms with Crippen LogP contribution in [0.5, 0.6) is 5.75 Å². The lowest BCUT2D eigenvalue weighted by Crippen LogP contribution is -2.52. The molecule has 8 heteroatoms. The van der Waals surface area contributed by atoms with Crippen molar-refractivity contribution in [3.8, 4) is 5.75 Å². The number of hydrogen-bond acceptors (Lipinski definition) is 4. The molecule has 3 aliphatic heterocycles. The maximum absolute atomic E-state index is 14.2. The quantitative estimate of drug-likeness (QED) is 0.669. The molecule has 3 heterocycles. The summed E-state index contributed by atoms with van der Waals surface area (Å²) < 4.78 is 48.4. The Morgan fingerprint density at radius 3 is 2.71 bits per heavy atom. The molecule has 0 aliphatic carbocycles. The Morgan fingerprint density at radius 2 is 2.03 bits per heavy atom. The predicted octanol–water partition coefficient (Wildman–Crippen LogP) is 4.82. The number of rotatable bonds is 5. The number of likely N-dealkylation sites (N-methyl/N-ethyl adjacent to an activating group) is 1. The standard InChI is InChI=1S/C23H26ClF3N2O2/c1-21(2,17-10-15(24)9-14-6-8-31-20(14)17)13-22(30,23(25,26)27)12-16-11-19-18(28-16)5-4-7-29(19)3/h4-5,7,9-11,16,28,30H,6,8,12-13H2,1-3H3. The monoisotopic (exact) mass is 454 g/mol. The highest BCUT2D eigenvalue weighted by Gasteiger charge is 2.57. The second kappa shape index (κ2) is 7.48. The molecule has 0 amide bonds. The lowest BCUT2D eigenvalue weighted by molar-refractivity contribution is -0.270. The van der Waals surface area contributed by atoms with Crippen molar-refractivity contribution < 1.29 is 23.0 Å². The molecule has 2 unspecified atom stereocenters. The number of alkyl halides is 3. The molecular formula is C23H26ClF3N2O2. The van der Waals surface area contributed by atoms with E-state index in [1.807, 2.05) is 30.3 Å². The second-order valence-electron chi connectivity index (χ2n) is 9.17. The Labute approximate surface area is 185 Å². The third-order valence-electron chi connectivity index (χ3n) is 6.23. The Morgan fingerprint density at radius 1 is 1.29 bits per heavy atom. The van der Waals surface area contributed by atoms with E-state index in [0.717, 1.165) is 17.0 Å². The molecule has 0 saturated carbocycles. The van der Waals surface area contributed by atoms with Gasteiger partial charge in [-0.25, -0.2) is 0 Å².